The maximum atomic E-state index is 12.7. The van der Waals surface area contributed by atoms with E-state index in [2.05, 4.69) is 18.6 Å². The molecule has 2 aromatic rings. The number of rotatable bonds is 7. The number of nitrogens with one attached hydrogen (secondary N) is 1. The lowest BCUT2D eigenvalue weighted by Crippen LogP contribution is -2.37. The third-order valence-corrected chi connectivity index (χ3v) is 5.92. The molecule has 0 spiro atoms. The highest BCUT2D eigenvalue weighted by Gasteiger charge is 2.25. The van der Waals surface area contributed by atoms with E-state index in [4.69, 9.17) is 4.74 Å². The summed E-state index contributed by atoms with van der Waals surface area (Å²) in [6.07, 6.45) is 1.05. The predicted octanol–water partition coefficient (Wildman–Crippen LogP) is 3.82. The Morgan fingerprint density at radius 3 is 2.46 bits per heavy atom. The second-order valence-corrected chi connectivity index (χ2v) is 8.93. The van der Waals surface area contributed by atoms with E-state index in [0.717, 1.165) is 11.3 Å². The van der Waals surface area contributed by atoms with Gasteiger partial charge in [0.1, 0.15) is 5.75 Å². The molecule has 0 saturated carbocycles. The minimum atomic E-state index is -3.70. The Kier molecular flexibility index (Phi) is 5.93. The van der Waals surface area contributed by atoms with Crippen molar-refractivity contribution >= 4 is 27.3 Å². The molecule has 2 aromatic carbocycles. The third kappa shape index (κ3) is 4.47. The second kappa shape index (κ2) is 8.22. The molecule has 6 nitrogen and oxygen atoms in total. The first kappa shape index (κ1) is 20.2. The van der Waals surface area contributed by atoms with Crippen molar-refractivity contribution in [2.45, 2.75) is 38.5 Å². The van der Waals surface area contributed by atoms with Crippen LogP contribution in [-0.2, 0) is 21.2 Å². The van der Waals surface area contributed by atoms with Gasteiger partial charge in [0.05, 0.1) is 11.5 Å². The summed E-state index contributed by atoms with van der Waals surface area (Å²) in [5.41, 5.74) is 2.34. The summed E-state index contributed by atoms with van der Waals surface area (Å²) in [6, 6.07) is 11.7. The van der Waals surface area contributed by atoms with Crippen molar-refractivity contribution in [3.63, 3.8) is 0 Å². The van der Waals surface area contributed by atoms with Crippen LogP contribution in [0.15, 0.2) is 47.4 Å². The molecule has 0 saturated heterocycles. The quantitative estimate of drug-likeness (QED) is 0.764. The number of aryl methyl sites for hydroxylation is 1. The monoisotopic (exact) mass is 402 g/mol. The molecule has 1 aliphatic rings. The molecule has 1 N–H and O–H groups in total. The second-order valence-electron chi connectivity index (χ2n) is 7.25. The number of sulfonamides is 1. The Morgan fingerprint density at radius 1 is 1.11 bits per heavy atom. The fourth-order valence-corrected chi connectivity index (χ4v) is 4.33. The topological polar surface area (TPSA) is 75.7 Å². The van der Waals surface area contributed by atoms with Crippen molar-refractivity contribution in [2.75, 3.05) is 22.8 Å². The summed E-state index contributed by atoms with van der Waals surface area (Å²) in [5.74, 6) is 1.10. The van der Waals surface area contributed by atoms with E-state index >= 15 is 0 Å². The van der Waals surface area contributed by atoms with Crippen LogP contribution in [0.25, 0.3) is 0 Å². The van der Waals surface area contributed by atoms with E-state index in [1.54, 1.807) is 23.1 Å². The van der Waals surface area contributed by atoms with Gasteiger partial charge in [-0.3, -0.25) is 9.52 Å². The molecule has 0 aromatic heterocycles. The van der Waals surface area contributed by atoms with Gasteiger partial charge < -0.3 is 9.64 Å². The van der Waals surface area contributed by atoms with Crippen LogP contribution in [-0.4, -0.2) is 27.5 Å². The number of carbonyl (C=O) groups excluding carboxylic acids is 1. The van der Waals surface area contributed by atoms with Gasteiger partial charge in [-0.2, -0.15) is 0 Å². The largest absolute Gasteiger partial charge is 0.494 e. The molecule has 150 valence electrons. The number of anilines is 2. The van der Waals surface area contributed by atoms with E-state index in [1.807, 2.05) is 19.1 Å². The van der Waals surface area contributed by atoms with Crippen LogP contribution in [0.5, 0.6) is 5.75 Å². The Morgan fingerprint density at radius 2 is 1.82 bits per heavy atom. The number of benzene rings is 2. The highest BCUT2D eigenvalue weighted by Crippen LogP contribution is 2.31. The number of hydrogen-bond acceptors (Lipinski definition) is 4. The molecule has 7 heteroatoms. The lowest BCUT2D eigenvalue weighted by Gasteiger charge is -2.31. The number of fused-ring (bicyclic) bond motifs is 1. The molecule has 1 aliphatic heterocycles. The van der Waals surface area contributed by atoms with Gasteiger partial charge in [-0.05, 0) is 67.3 Å². The first-order chi connectivity index (χ1) is 13.3. The van der Waals surface area contributed by atoms with Crippen molar-refractivity contribution in [1.29, 1.82) is 0 Å². The van der Waals surface area contributed by atoms with Gasteiger partial charge >= 0.3 is 0 Å². The zero-order valence-corrected chi connectivity index (χ0v) is 17.3. The Bertz CT molecular complexity index is 953. The first-order valence-electron chi connectivity index (χ1n) is 9.49. The SMILES string of the molecule is CCOc1ccc(S(=O)(=O)Nc2ccc3c(c2)CCC(=O)N3CC(C)C)cc1. The lowest BCUT2D eigenvalue weighted by atomic mass is 9.99. The number of ether oxygens (including phenoxy) is 1. The maximum Gasteiger partial charge on any atom is 0.261 e. The van der Waals surface area contributed by atoms with Crippen LogP contribution >= 0.6 is 0 Å². The number of carbonyl (C=O) groups is 1. The third-order valence-electron chi connectivity index (χ3n) is 4.52. The van der Waals surface area contributed by atoms with Crippen LogP contribution < -0.4 is 14.4 Å². The molecular weight excluding hydrogens is 376 g/mol. The zero-order chi connectivity index (χ0) is 20.3. The fourth-order valence-electron chi connectivity index (χ4n) is 3.28. The average Bonchev–Trinajstić information content (AvgIpc) is 2.64. The van der Waals surface area contributed by atoms with Gasteiger partial charge in [-0.25, -0.2) is 8.42 Å². The fraction of sp³-hybridized carbons (Fsp3) is 0.381. The number of amides is 1. The van der Waals surface area contributed by atoms with Crippen molar-refractivity contribution in [2.24, 2.45) is 5.92 Å². The molecule has 1 heterocycles. The van der Waals surface area contributed by atoms with E-state index in [0.29, 0.717) is 43.3 Å². The number of hydrogen-bond donors (Lipinski definition) is 1. The van der Waals surface area contributed by atoms with E-state index in [-0.39, 0.29) is 10.8 Å². The van der Waals surface area contributed by atoms with Crippen molar-refractivity contribution in [1.82, 2.24) is 0 Å². The first-order valence-corrected chi connectivity index (χ1v) is 11.0. The zero-order valence-electron chi connectivity index (χ0n) is 16.4. The average molecular weight is 403 g/mol. The van der Waals surface area contributed by atoms with E-state index in [1.165, 1.54) is 12.1 Å². The smallest absolute Gasteiger partial charge is 0.261 e. The molecule has 0 aliphatic carbocycles. The van der Waals surface area contributed by atoms with Gasteiger partial charge in [-0.1, -0.05) is 13.8 Å². The normalized spacial score (nSPS) is 14.1. The van der Waals surface area contributed by atoms with E-state index in [9.17, 15) is 13.2 Å². The molecular formula is C21H26N2O4S. The van der Waals surface area contributed by atoms with Crippen LogP contribution in [0.1, 0.15) is 32.8 Å². The minimum Gasteiger partial charge on any atom is -0.494 e. The molecule has 0 unspecified atom stereocenters. The summed E-state index contributed by atoms with van der Waals surface area (Å²) >= 11 is 0. The van der Waals surface area contributed by atoms with Crippen molar-refractivity contribution < 1.29 is 17.9 Å². The molecule has 28 heavy (non-hydrogen) atoms. The van der Waals surface area contributed by atoms with Crippen LogP contribution in [0.4, 0.5) is 11.4 Å². The van der Waals surface area contributed by atoms with Gasteiger partial charge in [0, 0.05) is 24.3 Å². The lowest BCUT2D eigenvalue weighted by molar-refractivity contribution is -0.119. The van der Waals surface area contributed by atoms with Crippen LogP contribution in [0, 0.1) is 5.92 Å². The summed E-state index contributed by atoms with van der Waals surface area (Å²) in [5, 5.41) is 0. The summed E-state index contributed by atoms with van der Waals surface area (Å²) in [6.45, 7) is 7.19. The Hall–Kier alpha value is -2.54. The molecule has 0 atom stereocenters. The van der Waals surface area contributed by atoms with Crippen LogP contribution in [0.3, 0.4) is 0 Å². The predicted molar refractivity (Wildman–Crippen MR) is 110 cm³/mol. The molecule has 3 rings (SSSR count). The Balaban J connectivity index is 1.82. The van der Waals surface area contributed by atoms with Crippen molar-refractivity contribution in [3.05, 3.63) is 48.0 Å². The highest BCUT2D eigenvalue weighted by molar-refractivity contribution is 7.92. The van der Waals surface area contributed by atoms with Gasteiger partial charge in [0.2, 0.25) is 5.91 Å². The maximum absolute atomic E-state index is 12.7. The Labute approximate surface area is 166 Å². The summed E-state index contributed by atoms with van der Waals surface area (Å²) in [7, 11) is -3.70. The van der Waals surface area contributed by atoms with Crippen molar-refractivity contribution in [3.8, 4) is 5.75 Å². The summed E-state index contributed by atoms with van der Waals surface area (Å²) in [4.78, 5) is 14.2. The highest BCUT2D eigenvalue weighted by atomic mass is 32.2. The standard InChI is InChI=1S/C21H26N2O4S/c1-4-27-18-7-9-19(10-8-18)28(25,26)22-17-6-11-20-16(13-17)5-12-21(24)23(20)14-15(2)3/h6-11,13,15,22H,4-5,12,14H2,1-3H3. The van der Waals surface area contributed by atoms with Gasteiger partial charge in [0.15, 0.2) is 0 Å². The van der Waals surface area contributed by atoms with Gasteiger partial charge in [-0.15, -0.1) is 0 Å². The minimum absolute atomic E-state index is 0.115. The molecule has 0 radical (unpaired) electrons. The number of nitrogens with zero attached hydrogens (tertiary/aromatic N) is 1. The molecule has 0 bridgehead atoms. The van der Waals surface area contributed by atoms with Crippen LogP contribution in [0.2, 0.25) is 0 Å². The summed E-state index contributed by atoms with van der Waals surface area (Å²) < 4.78 is 33.4. The van der Waals surface area contributed by atoms with E-state index < -0.39 is 10.0 Å². The molecule has 0 fully saturated rings. The molecule has 1 amide bonds. The van der Waals surface area contributed by atoms with Gasteiger partial charge in [0.25, 0.3) is 10.0 Å².